The average molecular weight is 332 g/mol. The zero-order valence-electron chi connectivity index (χ0n) is 12.5. The molecule has 1 N–H and O–H groups in total. The van der Waals surface area contributed by atoms with E-state index in [0.29, 0.717) is 10.1 Å². The monoisotopic (exact) mass is 332 g/mol. The van der Waals surface area contributed by atoms with Crippen molar-refractivity contribution in [2.24, 2.45) is 0 Å². The Balaban J connectivity index is 1.67. The topological polar surface area (TPSA) is 52.9 Å². The van der Waals surface area contributed by atoms with Gasteiger partial charge in [0.1, 0.15) is 5.54 Å². The van der Waals surface area contributed by atoms with Crippen molar-refractivity contribution in [1.82, 2.24) is 5.32 Å². The Bertz CT molecular complexity index is 567. The molecule has 2 fully saturated rings. The molecule has 1 aromatic carbocycles. The number of nitrogens with zero attached hydrogens (tertiary/aromatic N) is 1. The molecule has 1 aromatic rings. The van der Waals surface area contributed by atoms with Crippen LogP contribution in [0.2, 0.25) is 0 Å². The van der Waals surface area contributed by atoms with Gasteiger partial charge < -0.3 is 5.32 Å². The van der Waals surface area contributed by atoms with Gasteiger partial charge in [-0.05, 0) is 61.3 Å². The van der Waals surface area contributed by atoms with Crippen molar-refractivity contribution in [3.8, 4) is 6.07 Å². The molecular weight excluding hydrogens is 312 g/mol. The second-order valence-corrected chi connectivity index (χ2v) is 8.63. The first kappa shape index (κ1) is 15.8. The van der Waals surface area contributed by atoms with Gasteiger partial charge in [0, 0.05) is 5.56 Å². The number of carbonyl (C=O) groups is 1. The Labute approximate surface area is 140 Å². The normalized spacial score (nSPS) is 21.2. The Kier molecular flexibility index (Phi) is 5.00. The summed E-state index contributed by atoms with van der Waals surface area (Å²) < 4.78 is 0.492. The maximum Gasteiger partial charge on any atom is 0.252 e. The second kappa shape index (κ2) is 6.97. The van der Waals surface area contributed by atoms with Gasteiger partial charge in [0.2, 0.25) is 0 Å². The highest BCUT2D eigenvalue weighted by Crippen LogP contribution is 2.43. The molecule has 22 heavy (non-hydrogen) atoms. The first-order chi connectivity index (χ1) is 10.7. The molecule has 1 aliphatic heterocycles. The molecule has 1 amide bonds. The standard InChI is InChI=1S/C17H20N2OS2/c18-12-17(8-1-2-9-17)19-15(20)13-4-6-14(7-5-13)16-21-10-3-11-22-16/h4-7,16H,1-3,8-11H2,(H,19,20). The van der Waals surface area contributed by atoms with Gasteiger partial charge in [0.05, 0.1) is 10.7 Å². The summed E-state index contributed by atoms with van der Waals surface area (Å²) in [5, 5.41) is 12.3. The third-order valence-corrected chi connectivity index (χ3v) is 7.31. The fraction of sp³-hybridized carbons (Fsp3) is 0.529. The number of thioether (sulfide) groups is 2. The molecule has 3 nitrogen and oxygen atoms in total. The number of hydrogen-bond acceptors (Lipinski definition) is 4. The Hall–Kier alpha value is -1.12. The number of carbonyl (C=O) groups excluding carboxylic acids is 1. The molecule has 0 bridgehead atoms. The number of hydrogen-bond donors (Lipinski definition) is 1. The maximum absolute atomic E-state index is 12.4. The molecule has 116 valence electrons. The van der Waals surface area contributed by atoms with Gasteiger partial charge in [-0.15, -0.1) is 23.5 Å². The third-order valence-electron chi connectivity index (χ3n) is 4.30. The summed E-state index contributed by atoms with van der Waals surface area (Å²) in [5.74, 6) is 2.30. The lowest BCUT2D eigenvalue weighted by atomic mass is 9.99. The van der Waals surface area contributed by atoms with Gasteiger partial charge in [-0.25, -0.2) is 0 Å². The summed E-state index contributed by atoms with van der Waals surface area (Å²) in [4.78, 5) is 12.4. The SMILES string of the molecule is N#CC1(NC(=O)c2ccc(C3SCCCS3)cc2)CCCC1. The molecule has 0 atom stereocenters. The highest BCUT2D eigenvalue weighted by molar-refractivity contribution is 8.16. The molecule has 0 aromatic heterocycles. The third kappa shape index (κ3) is 3.44. The van der Waals surface area contributed by atoms with E-state index in [2.05, 4.69) is 23.5 Å². The predicted molar refractivity (Wildman–Crippen MR) is 93.0 cm³/mol. The summed E-state index contributed by atoms with van der Waals surface area (Å²) >= 11 is 3.96. The molecule has 1 saturated carbocycles. The van der Waals surface area contributed by atoms with Crippen LogP contribution in [0.5, 0.6) is 0 Å². The number of amides is 1. The summed E-state index contributed by atoms with van der Waals surface area (Å²) in [7, 11) is 0. The molecule has 3 rings (SSSR count). The summed E-state index contributed by atoms with van der Waals surface area (Å²) in [6, 6.07) is 10.2. The fourth-order valence-corrected chi connectivity index (χ4v) is 5.90. The van der Waals surface area contributed by atoms with Crippen LogP contribution in [0.15, 0.2) is 24.3 Å². The minimum Gasteiger partial charge on any atom is -0.334 e. The van der Waals surface area contributed by atoms with Gasteiger partial charge in [-0.2, -0.15) is 5.26 Å². The van der Waals surface area contributed by atoms with E-state index in [-0.39, 0.29) is 5.91 Å². The summed E-state index contributed by atoms with van der Waals surface area (Å²) in [6.07, 6.45) is 4.85. The van der Waals surface area contributed by atoms with Gasteiger partial charge in [0.15, 0.2) is 0 Å². The van der Waals surface area contributed by atoms with Gasteiger partial charge >= 0.3 is 0 Å². The minimum atomic E-state index is -0.648. The van der Waals surface area contributed by atoms with Crippen LogP contribution >= 0.6 is 23.5 Å². The van der Waals surface area contributed by atoms with Crippen LogP contribution < -0.4 is 5.32 Å². The van der Waals surface area contributed by atoms with Crippen LogP contribution in [0, 0.1) is 11.3 Å². The smallest absolute Gasteiger partial charge is 0.252 e. The number of benzene rings is 1. The Morgan fingerprint density at radius 1 is 1.14 bits per heavy atom. The Morgan fingerprint density at radius 2 is 1.77 bits per heavy atom. The quantitative estimate of drug-likeness (QED) is 0.904. The van der Waals surface area contributed by atoms with Crippen LogP contribution in [-0.4, -0.2) is 23.0 Å². The van der Waals surface area contributed by atoms with Crippen LogP contribution in [0.3, 0.4) is 0 Å². The summed E-state index contributed by atoms with van der Waals surface area (Å²) in [5.41, 5.74) is 1.28. The van der Waals surface area contributed by atoms with E-state index in [0.717, 1.165) is 25.7 Å². The molecule has 1 heterocycles. The van der Waals surface area contributed by atoms with Gasteiger partial charge in [0.25, 0.3) is 5.91 Å². The van der Waals surface area contributed by atoms with E-state index in [1.165, 1.54) is 23.5 Å². The van der Waals surface area contributed by atoms with Crippen molar-refractivity contribution in [2.45, 2.75) is 42.2 Å². The zero-order chi connectivity index (χ0) is 15.4. The first-order valence-corrected chi connectivity index (χ1v) is 9.89. The van der Waals surface area contributed by atoms with E-state index in [9.17, 15) is 10.1 Å². The zero-order valence-corrected chi connectivity index (χ0v) is 14.1. The highest BCUT2D eigenvalue weighted by atomic mass is 32.2. The second-order valence-electron chi connectivity index (χ2n) is 5.90. The van der Waals surface area contributed by atoms with E-state index in [1.54, 1.807) is 0 Å². The highest BCUT2D eigenvalue weighted by Gasteiger charge is 2.35. The van der Waals surface area contributed by atoms with Crippen molar-refractivity contribution >= 4 is 29.4 Å². The van der Waals surface area contributed by atoms with Crippen molar-refractivity contribution in [3.05, 3.63) is 35.4 Å². The lowest BCUT2D eigenvalue weighted by Crippen LogP contribution is -2.45. The van der Waals surface area contributed by atoms with Crippen LogP contribution in [0.25, 0.3) is 0 Å². The molecule has 2 aliphatic rings. The van der Waals surface area contributed by atoms with Crippen molar-refractivity contribution in [3.63, 3.8) is 0 Å². The average Bonchev–Trinajstić information content (AvgIpc) is 3.05. The largest absolute Gasteiger partial charge is 0.334 e. The number of nitrogens with one attached hydrogen (secondary N) is 1. The molecule has 0 spiro atoms. The van der Waals surface area contributed by atoms with Crippen LogP contribution in [-0.2, 0) is 0 Å². The maximum atomic E-state index is 12.4. The molecule has 5 heteroatoms. The summed E-state index contributed by atoms with van der Waals surface area (Å²) in [6.45, 7) is 0. The Morgan fingerprint density at radius 3 is 2.36 bits per heavy atom. The number of nitriles is 1. The number of rotatable bonds is 3. The predicted octanol–water partition coefficient (Wildman–Crippen LogP) is 4.12. The van der Waals surface area contributed by atoms with Gasteiger partial charge in [-0.1, -0.05) is 12.1 Å². The van der Waals surface area contributed by atoms with Crippen LogP contribution in [0.4, 0.5) is 0 Å². The van der Waals surface area contributed by atoms with Crippen molar-refractivity contribution in [2.75, 3.05) is 11.5 Å². The van der Waals surface area contributed by atoms with Crippen LogP contribution in [0.1, 0.15) is 52.6 Å². The molecule has 0 unspecified atom stereocenters. The minimum absolute atomic E-state index is 0.126. The first-order valence-electron chi connectivity index (χ1n) is 7.79. The van der Waals surface area contributed by atoms with E-state index >= 15 is 0 Å². The molecule has 0 radical (unpaired) electrons. The van der Waals surface area contributed by atoms with Gasteiger partial charge in [-0.3, -0.25) is 4.79 Å². The molecule has 1 saturated heterocycles. The van der Waals surface area contributed by atoms with E-state index < -0.39 is 5.54 Å². The van der Waals surface area contributed by atoms with E-state index in [4.69, 9.17) is 0 Å². The lowest BCUT2D eigenvalue weighted by Gasteiger charge is -2.23. The fourth-order valence-electron chi connectivity index (χ4n) is 3.00. The lowest BCUT2D eigenvalue weighted by molar-refractivity contribution is 0.0920. The van der Waals surface area contributed by atoms with E-state index in [1.807, 2.05) is 35.7 Å². The molecular formula is C17H20N2OS2. The van der Waals surface area contributed by atoms with Crippen molar-refractivity contribution < 1.29 is 4.79 Å². The molecule has 1 aliphatic carbocycles. The van der Waals surface area contributed by atoms with Crippen molar-refractivity contribution in [1.29, 1.82) is 5.26 Å².